The van der Waals surface area contributed by atoms with Crippen molar-refractivity contribution in [3.8, 4) is 0 Å². The van der Waals surface area contributed by atoms with Crippen LogP contribution >= 0.6 is 11.6 Å². The van der Waals surface area contributed by atoms with Gasteiger partial charge in [-0.25, -0.2) is 0 Å². The van der Waals surface area contributed by atoms with Crippen molar-refractivity contribution in [2.24, 2.45) is 0 Å². The van der Waals surface area contributed by atoms with Gasteiger partial charge in [-0.15, -0.1) is 0 Å². The number of benzene rings is 1. The molecule has 1 heterocycles. The molecule has 110 valence electrons. The fourth-order valence-electron chi connectivity index (χ4n) is 2.69. The molecule has 2 rings (SSSR count). The predicted molar refractivity (Wildman–Crippen MR) is 79.7 cm³/mol. The quantitative estimate of drug-likeness (QED) is 0.923. The van der Waals surface area contributed by atoms with E-state index in [0.29, 0.717) is 11.6 Å². The normalized spacial score (nSPS) is 20.9. The Labute approximate surface area is 124 Å². The van der Waals surface area contributed by atoms with E-state index in [1.165, 1.54) is 0 Å². The van der Waals surface area contributed by atoms with E-state index in [1.807, 2.05) is 18.2 Å². The number of aliphatic hydroxyl groups excluding tert-OH is 1. The Morgan fingerprint density at radius 3 is 2.85 bits per heavy atom. The van der Waals surface area contributed by atoms with Crippen LogP contribution in [0.25, 0.3) is 0 Å². The van der Waals surface area contributed by atoms with Crippen LogP contribution in [0.2, 0.25) is 5.02 Å². The Morgan fingerprint density at radius 1 is 1.50 bits per heavy atom. The summed E-state index contributed by atoms with van der Waals surface area (Å²) in [5.74, 6) is 0.105. The zero-order valence-electron chi connectivity index (χ0n) is 11.9. The summed E-state index contributed by atoms with van der Waals surface area (Å²) in [7, 11) is 3.53. The number of β-amino-alcohol motifs (C(OH)–C–C–N with tert-alkyl or cyclic N) is 1. The van der Waals surface area contributed by atoms with Gasteiger partial charge in [-0.3, -0.25) is 9.69 Å². The lowest BCUT2D eigenvalue weighted by atomic mass is 10.1. The van der Waals surface area contributed by atoms with E-state index in [4.69, 9.17) is 11.6 Å². The summed E-state index contributed by atoms with van der Waals surface area (Å²) in [6.45, 7) is 1.28. The predicted octanol–water partition coefficient (Wildman–Crippen LogP) is 1.93. The number of nitrogens with zero attached hydrogens (tertiary/aromatic N) is 2. The first-order chi connectivity index (χ1) is 9.50. The van der Waals surface area contributed by atoms with Gasteiger partial charge in [0.1, 0.15) is 0 Å². The number of halogens is 1. The molecular formula is C15H21ClN2O2. The van der Waals surface area contributed by atoms with Crippen LogP contribution in [0.4, 0.5) is 0 Å². The van der Waals surface area contributed by atoms with Gasteiger partial charge >= 0.3 is 0 Å². The van der Waals surface area contributed by atoms with Gasteiger partial charge in [-0.1, -0.05) is 29.8 Å². The molecule has 1 aromatic rings. The lowest BCUT2D eigenvalue weighted by Gasteiger charge is -2.28. The van der Waals surface area contributed by atoms with E-state index in [2.05, 4.69) is 4.90 Å². The maximum absolute atomic E-state index is 12.1. The van der Waals surface area contributed by atoms with Crippen molar-refractivity contribution < 1.29 is 9.90 Å². The van der Waals surface area contributed by atoms with E-state index < -0.39 is 6.10 Å². The average Bonchev–Trinajstić information content (AvgIpc) is 2.86. The molecule has 0 saturated carbocycles. The van der Waals surface area contributed by atoms with Gasteiger partial charge in [0.25, 0.3) is 0 Å². The molecule has 0 bridgehead atoms. The fourth-order valence-corrected chi connectivity index (χ4v) is 2.95. The highest BCUT2D eigenvalue weighted by Crippen LogP contribution is 2.26. The maximum Gasteiger partial charge on any atom is 0.239 e. The first-order valence-electron chi connectivity index (χ1n) is 6.88. The molecule has 1 aromatic carbocycles. The Morgan fingerprint density at radius 2 is 2.20 bits per heavy atom. The van der Waals surface area contributed by atoms with Crippen molar-refractivity contribution in [3.05, 3.63) is 34.9 Å². The van der Waals surface area contributed by atoms with Gasteiger partial charge < -0.3 is 10.0 Å². The lowest BCUT2D eigenvalue weighted by molar-refractivity contribution is -0.133. The molecule has 5 heteroatoms. The van der Waals surface area contributed by atoms with Crippen LogP contribution in [-0.2, 0) is 4.79 Å². The molecule has 0 radical (unpaired) electrons. The molecule has 4 nitrogen and oxygen atoms in total. The summed E-state index contributed by atoms with van der Waals surface area (Å²) in [5.41, 5.74) is 0.720. The molecule has 1 aliphatic heterocycles. The van der Waals surface area contributed by atoms with Crippen molar-refractivity contribution in [1.82, 2.24) is 9.80 Å². The molecule has 1 N–H and O–H groups in total. The van der Waals surface area contributed by atoms with Crippen molar-refractivity contribution >= 4 is 17.5 Å². The topological polar surface area (TPSA) is 43.8 Å². The average molecular weight is 297 g/mol. The molecule has 20 heavy (non-hydrogen) atoms. The first-order valence-corrected chi connectivity index (χ1v) is 7.26. The van der Waals surface area contributed by atoms with Crippen LogP contribution in [0, 0.1) is 0 Å². The van der Waals surface area contributed by atoms with Crippen LogP contribution in [0.15, 0.2) is 24.3 Å². The molecule has 2 atom stereocenters. The number of likely N-dealkylation sites (tertiary alicyclic amines) is 1. The third-order valence-electron chi connectivity index (χ3n) is 3.76. The number of rotatable bonds is 4. The highest BCUT2D eigenvalue weighted by atomic mass is 35.5. The zero-order valence-corrected chi connectivity index (χ0v) is 12.7. The SMILES string of the molecule is CN(C)C(=O)C1CCCN1CC(O)c1ccccc1Cl. The van der Waals surface area contributed by atoms with Crippen LogP contribution in [0.1, 0.15) is 24.5 Å². The van der Waals surface area contributed by atoms with Crippen LogP contribution in [0.5, 0.6) is 0 Å². The van der Waals surface area contributed by atoms with Gasteiger partial charge in [-0.05, 0) is 25.5 Å². The van der Waals surface area contributed by atoms with Gasteiger partial charge in [-0.2, -0.15) is 0 Å². The molecule has 1 fully saturated rings. The molecule has 1 amide bonds. The molecule has 0 spiro atoms. The minimum absolute atomic E-state index is 0.105. The second-order valence-electron chi connectivity index (χ2n) is 5.42. The standard InChI is InChI=1S/C15H21ClN2O2/c1-17(2)15(20)13-8-5-9-18(13)10-14(19)11-6-3-4-7-12(11)16/h3-4,6-7,13-14,19H,5,8-10H2,1-2H3. The zero-order chi connectivity index (χ0) is 14.7. The van der Waals surface area contributed by atoms with Gasteiger partial charge in [0.05, 0.1) is 12.1 Å². The van der Waals surface area contributed by atoms with Gasteiger partial charge in [0, 0.05) is 31.2 Å². The Hall–Kier alpha value is -1.10. The number of hydrogen-bond acceptors (Lipinski definition) is 3. The van der Waals surface area contributed by atoms with E-state index in [0.717, 1.165) is 24.9 Å². The number of hydrogen-bond donors (Lipinski definition) is 1. The maximum atomic E-state index is 12.1. The Bertz CT molecular complexity index is 479. The van der Waals surface area contributed by atoms with Crippen molar-refractivity contribution in [3.63, 3.8) is 0 Å². The van der Waals surface area contributed by atoms with Crippen LogP contribution in [0.3, 0.4) is 0 Å². The number of aliphatic hydroxyl groups is 1. The van der Waals surface area contributed by atoms with Crippen LogP contribution in [-0.4, -0.2) is 54.0 Å². The number of carbonyl (C=O) groups excluding carboxylic acids is 1. The van der Waals surface area contributed by atoms with E-state index in [1.54, 1.807) is 25.1 Å². The summed E-state index contributed by atoms with van der Waals surface area (Å²) >= 11 is 6.10. The van der Waals surface area contributed by atoms with Gasteiger partial charge in [0.2, 0.25) is 5.91 Å². The van der Waals surface area contributed by atoms with Crippen molar-refractivity contribution in [1.29, 1.82) is 0 Å². The third kappa shape index (κ3) is 3.32. The lowest BCUT2D eigenvalue weighted by Crippen LogP contribution is -2.44. The van der Waals surface area contributed by atoms with E-state index >= 15 is 0 Å². The van der Waals surface area contributed by atoms with E-state index in [-0.39, 0.29) is 11.9 Å². The van der Waals surface area contributed by atoms with Crippen molar-refractivity contribution in [2.75, 3.05) is 27.2 Å². The fraction of sp³-hybridized carbons (Fsp3) is 0.533. The number of likely N-dealkylation sites (N-methyl/N-ethyl adjacent to an activating group) is 1. The summed E-state index contributed by atoms with van der Waals surface area (Å²) in [6.07, 6.45) is 1.17. The summed E-state index contributed by atoms with van der Waals surface area (Å²) in [4.78, 5) is 15.8. The van der Waals surface area contributed by atoms with Gasteiger partial charge in [0.15, 0.2) is 0 Å². The summed E-state index contributed by atoms with van der Waals surface area (Å²) in [5, 5.41) is 10.9. The molecule has 0 aromatic heterocycles. The molecular weight excluding hydrogens is 276 g/mol. The molecule has 2 unspecified atom stereocenters. The Balaban J connectivity index is 2.05. The summed E-state index contributed by atoms with van der Waals surface area (Å²) in [6, 6.07) is 7.17. The molecule has 1 aliphatic rings. The summed E-state index contributed by atoms with van der Waals surface area (Å²) < 4.78 is 0. The largest absolute Gasteiger partial charge is 0.387 e. The molecule has 1 saturated heterocycles. The number of amides is 1. The first kappa shape index (κ1) is 15.3. The smallest absolute Gasteiger partial charge is 0.239 e. The second-order valence-corrected chi connectivity index (χ2v) is 5.83. The van der Waals surface area contributed by atoms with E-state index in [9.17, 15) is 9.90 Å². The minimum Gasteiger partial charge on any atom is -0.387 e. The highest BCUT2D eigenvalue weighted by Gasteiger charge is 2.33. The highest BCUT2D eigenvalue weighted by molar-refractivity contribution is 6.31. The Kier molecular flexibility index (Phi) is 5.02. The van der Waals surface area contributed by atoms with Crippen LogP contribution < -0.4 is 0 Å². The third-order valence-corrected chi connectivity index (χ3v) is 4.11. The van der Waals surface area contributed by atoms with Crippen molar-refractivity contribution in [2.45, 2.75) is 25.0 Å². The molecule has 0 aliphatic carbocycles. The minimum atomic E-state index is -0.667. The monoisotopic (exact) mass is 296 g/mol. The second kappa shape index (κ2) is 6.57. The number of carbonyl (C=O) groups is 1.